The summed E-state index contributed by atoms with van der Waals surface area (Å²) in [7, 11) is 0. The van der Waals surface area contributed by atoms with Gasteiger partial charge in [0.05, 0.1) is 12.5 Å². The summed E-state index contributed by atoms with van der Waals surface area (Å²) < 4.78 is 0. The largest absolute Gasteiger partial charge is 0.369 e. The average Bonchev–Trinajstić information content (AvgIpc) is 2.75. The van der Waals surface area contributed by atoms with Gasteiger partial charge in [-0.05, 0) is 11.1 Å². The quantitative estimate of drug-likeness (QED) is 0.723. The van der Waals surface area contributed by atoms with Gasteiger partial charge in [0.1, 0.15) is 5.84 Å². The Hall–Kier alpha value is -3.20. The van der Waals surface area contributed by atoms with E-state index in [2.05, 4.69) is 22.4 Å². The van der Waals surface area contributed by atoms with E-state index in [4.69, 9.17) is 0 Å². The second-order valence-corrected chi connectivity index (χ2v) is 6.44. The van der Waals surface area contributed by atoms with E-state index in [0.29, 0.717) is 13.1 Å². The summed E-state index contributed by atoms with van der Waals surface area (Å²) in [6, 6.07) is 28.1. The molecule has 1 aliphatic heterocycles. The Bertz CT molecular complexity index is 915. The Morgan fingerprint density at radius 2 is 1.35 bits per heavy atom. The van der Waals surface area contributed by atoms with Crippen LogP contribution in [0.15, 0.2) is 89.9 Å². The van der Waals surface area contributed by atoms with Crippen molar-refractivity contribution in [3.8, 4) is 11.1 Å². The summed E-state index contributed by atoms with van der Waals surface area (Å²) in [6.45, 7) is 1.14. The molecule has 3 nitrogen and oxygen atoms in total. The van der Waals surface area contributed by atoms with Gasteiger partial charge in [0.15, 0.2) is 5.78 Å². The minimum Gasteiger partial charge on any atom is -0.369 e. The fraction of sp³-hybridized carbons (Fsp3) is 0.130. The van der Waals surface area contributed by atoms with E-state index in [9.17, 15) is 4.79 Å². The Kier molecular flexibility index (Phi) is 4.61. The van der Waals surface area contributed by atoms with Crippen molar-refractivity contribution in [1.29, 1.82) is 0 Å². The van der Waals surface area contributed by atoms with Gasteiger partial charge in [-0.3, -0.25) is 9.79 Å². The fourth-order valence-corrected chi connectivity index (χ4v) is 3.20. The molecule has 1 N–H and O–H groups in total. The van der Waals surface area contributed by atoms with E-state index in [0.717, 1.165) is 28.1 Å². The number of amidine groups is 1. The van der Waals surface area contributed by atoms with Gasteiger partial charge in [-0.25, -0.2) is 0 Å². The van der Waals surface area contributed by atoms with Crippen LogP contribution in [0, 0.1) is 5.92 Å². The molecule has 0 aliphatic carbocycles. The molecule has 4 rings (SSSR count). The van der Waals surface area contributed by atoms with Crippen LogP contribution >= 0.6 is 0 Å². The third-order valence-electron chi connectivity index (χ3n) is 4.68. The molecule has 26 heavy (non-hydrogen) atoms. The van der Waals surface area contributed by atoms with Gasteiger partial charge in [0.25, 0.3) is 0 Å². The lowest BCUT2D eigenvalue weighted by Crippen LogP contribution is -2.39. The molecule has 0 bridgehead atoms. The van der Waals surface area contributed by atoms with Gasteiger partial charge in [-0.2, -0.15) is 0 Å². The highest BCUT2D eigenvalue weighted by molar-refractivity contribution is 6.02. The van der Waals surface area contributed by atoms with Crippen LogP contribution in [-0.4, -0.2) is 24.7 Å². The zero-order valence-corrected chi connectivity index (χ0v) is 14.4. The Morgan fingerprint density at radius 1 is 0.769 bits per heavy atom. The van der Waals surface area contributed by atoms with Crippen molar-refractivity contribution in [2.75, 3.05) is 13.1 Å². The van der Waals surface area contributed by atoms with Crippen LogP contribution in [0.3, 0.4) is 0 Å². The first-order chi connectivity index (χ1) is 12.8. The number of rotatable bonds is 4. The molecular formula is C23H20N2O. The molecule has 0 saturated carbocycles. The summed E-state index contributed by atoms with van der Waals surface area (Å²) in [4.78, 5) is 17.4. The number of carbonyl (C=O) groups excluding carboxylic acids is 1. The van der Waals surface area contributed by atoms with E-state index in [-0.39, 0.29) is 11.7 Å². The van der Waals surface area contributed by atoms with Crippen LogP contribution in [0.1, 0.15) is 15.9 Å². The van der Waals surface area contributed by atoms with Crippen LogP contribution in [0.25, 0.3) is 11.1 Å². The van der Waals surface area contributed by atoms with Crippen LogP contribution in [-0.2, 0) is 0 Å². The maximum absolute atomic E-state index is 12.8. The second-order valence-electron chi connectivity index (χ2n) is 6.44. The molecule has 3 aromatic rings. The van der Waals surface area contributed by atoms with Crippen LogP contribution in [0.4, 0.5) is 0 Å². The molecule has 0 saturated heterocycles. The number of Topliss-reactive ketones (excluding diaryl/α,β-unsaturated/α-hetero) is 1. The van der Waals surface area contributed by atoms with E-state index < -0.39 is 0 Å². The number of aliphatic imine (C=N–C) groups is 1. The Morgan fingerprint density at radius 3 is 1.92 bits per heavy atom. The fourth-order valence-electron chi connectivity index (χ4n) is 3.20. The Labute approximate surface area is 153 Å². The van der Waals surface area contributed by atoms with Gasteiger partial charge < -0.3 is 5.32 Å². The first-order valence-electron chi connectivity index (χ1n) is 8.85. The molecule has 0 aromatic heterocycles. The van der Waals surface area contributed by atoms with Crippen molar-refractivity contribution in [3.05, 3.63) is 96.1 Å². The van der Waals surface area contributed by atoms with Crippen molar-refractivity contribution >= 4 is 11.6 Å². The molecule has 1 heterocycles. The molecule has 0 amide bonds. The van der Waals surface area contributed by atoms with Crippen molar-refractivity contribution in [2.24, 2.45) is 10.9 Å². The van der Waals surface area contributed by atoms with Crippen molar-refractivity contribution in [1.82, 2.24) is 5.32 Å². The monoisotopic (exact) mass is 340 g/mol. The minimum atomic E-state index is -0.120. The molecule has 1 aliphatic rings. The van der Waals surface area contributed by atoms with Gasteiger partial charge in [-0.1, -0.05) is 84.9 Å². The third-order valence-corrected chi connectivity index (χ3v) is 4.68. The van der Waals surface area contributed by atoms with Crippen molar-refractivity contribution < 1.29 is 4.79 Å². The molecule has 1 atom stereocenters. The molecule has 3 aromatic carbocycles. The molecule has 0 radical (unpaired) electrons. The summed E-state index contributed by atoms with van der Waals surface area (Å²) in [5.41, 5.74) is 4.08. The molecule has 3 heteroatoms. The zero-order chi connectivity index (χ0) is 17.8. The lowest BCUT2D eigenvalue weighted by atomic mass is 9.94. The number of benzene rings is 3. The summed E-state index contributed by atoms with van der Waals surface area (Å²) >= 11 is 0. The predicted molar refractivity (Wildman–Crippen MR) is 106 cm³/mol. The lowest BCUT2D eigenvalue weighted by Gasteiger charge is -2.22. The molecular weight excluding hydrogens is 320 g/mol. The summed E-state index contributed by atoms with van der Waals surface area (Å²) in [5.74, 6) is 0.895. The predicted octanol–water partition coefficient (Wildman–Crippen LogP) is 4.20. The van der Waals surface area contributed by atoms with Gasteiger partial charge in [0.2, 0.25) is 0 Å². The van der Waals surface area contributed by atoms with Crippen molar-refractivity contribution in [3.63, 3.8) is 0 Å². The van der Waals surface area contributed by atoms with Gasteiger partial charge in [0, 0.05) is 17.7 Å². The van der Waals surface area contributed by atoms with Gasteiger partial charge in [-0.15, -0.1) is 0 Å². The van der Waals surface area contributed by atoms with Crippen molar-refractivity contribution in [2.45, 2.75) is 0 Å². The lowest BCUT2D eigenvalue weighted by molar-refractivity contribution is 0.0924. The maximum Gasteiger partial charge on any atom is 0.169 e. The number of hydrogen-bond donors (Lipinski definition) is 1. The highest BCUT2D eigenvalue weighted by Gasteiger charge is 2.23. The minimum absolute atomic E-state index is 0.120. The number of carbonyl (C=O) groups is 1. The third kappa shape index (κ3) is 3.42. The highest BCUT2D eigenvalue weighted by Crippen LogP contribution is 2.21. The molecule has 128 valence electrons. The Balaban J connectivity index is 1.46. The molecule has 1 unspecified atom stereocenters. The topological polar surface area (TPSA) is 41.5 Å². The molecule has 0 spiro atoms. The van der Waals surface area contributed by atoms with E-state index >= 15 is 0 Å². The summed E-state index contributed by atoms with van der Waals surface area (Å²) in [5, 5.41) is 3.30. The highest BCUT2D eigenvalue weighted by atomic mass is 16.1. The average molecular weight is 340 g/mol. The summed E-state index contributed by atoms with van der Waals surface area (Å²) in [6.07, 6.45) is 0. The second kappa shape index (κ2) is 7.36. The standard InChI is InChI=1S/C23H20N2O/c26-22(19-13-11-18(12-14-19)17-7-3-1-4-8-17)21-15-24-23(25-16-21)20-9-5-2-6-10-20/h1-14,21H,15-16H2,(H,24,25). The van der Waals surface area contributed by atoms with E-state index in [1.165, 1.54) is 0 Å². The van der Waals surface area contributed by atoms with Crippen LogP contribution < -0.4 is 5.32 Å². The first-order valence-corrected chi connectivity index (χ1v) is 8.85. The smallest absolute Gasteiger partial charge is 0.169 e. The number of ketones is 1. The normalized spacial score (nSPS) is 16.5. The van der Waals surface area contributed by atoms with Gasteiger partial charge >= 0.3 is 0 Å². The zero-order valence-electron chi connectivity index (χ0n) is 14.4. The van der Waals surface area contributed by atoms with Crippen LogP contribution in [0.5, 0.6) is 0 Å². The van der Waals surface area contributed by atoms with Crippen LogP contribution in [0.2, 0.25) is 0 Å². The van der Waals surface area contributed by atoms with E-state index in [1.54, 1.807) is 0 Å². The SMILES string of the molecule is O=C(c1ccc(-c2ccccc2)cc1)C1CN=C(c2ccccc2)NC1. The maximum atomic E-state index is 12.8. The molecule has 0 fully saturated rings. The first kappa shape index (κ1) is 16.3. The number of nitrogens with one attached hydrogen (secondary N) is 1. The van der Waals surface area contributed by atoms with E-state index in [1.807, 2.05) is 72.8 Å². The number of hydrogen-bond acceptors (Lipinski definition) is 3. The number of nitrogens with zero attached hydrogens (tertiary/aromatic N) is 1.